The van der Waals surface area contributed by atoms with Gasteiger partial charge in [-0.3, -0.25) is 4.79 Å². The van der Waals surface area contributed by atoms with E-state index in [2.05, 4.69) is 44.6 Å². The Labute approximate surface area is 175 Å². The van der Waals surface area contributed by atoms with E-state index in [-0.39, 0.29) is 18.3 Å². The van der Waals surface area contributed by atoms with Gasteiger partial charge in [0.1, 0.15) is 5.82 Å². The number of aromatic nitrogens is 5. The summed E-state index contributed by atoms with van der Waals surface area (Å²) in [7, 11) is 0. The van der Waals surface area contributed by atoms with Crippen molar-refractivity contribution in [2.45, 2.75) is 44.9 Å². The molecule has 8 heteroatoms. The van der Waals surface area contributed by atoms with Crippen molar-refractivity contribution in [2.75, 3.05) is 18.5 Å². The molecule has 2 aromatic heterocycles. The van der Waals surface area contributed by atoms with E-state index in [0.29, 0.717) is 25.0 Å². The molecule has 1 aliphatic rings. The number of carbonyl (C=O) groups excluding carboxylic acids is 1. The van der Waals surface area contributed by atoms with Crippen LogP contribution in [0.2, 0.25) is 0 Å². The Kier molecular flexibility index (Phi) is 6.32. The van der Waals surface area contributed by atoms with Crippen molar-refractivity contribution in [1.29, 1.82) is 0 Å². The second-order valence-electron chi connectivity index (χ2n) is 7.29. The minimum atomic E-state index is -0.242. The molecular formula is C22H26N6O2. The van der Waals surface area contributed by atoms with Gasteiger partial charge in [-0.1, -0.05) is 24.3 Å². The van der Waals surface area contributed by atoms with Crippen molar-refractivity contribution in [3.8, 4) is 5.95 Å². The molecule has 2 heterocycles. The number of anilines is 1. The lowest BCUT2D eigenvalue weighted by molar-refractivity contribution is -0.142. The van der Waals surface area contributed by atoms with Crippen molar-refractivity contribution < 1.29 is 9.53 Å². The predicted octanol–water partition coefficient (Wildman–Crippen LogP) is 3.09. The lowest BCUT2D eigenvalue weighted by Crippen LogP contribution is -2.17. The third kappa shape index (κ3) is 4.82. The third-order valence-electron chi connectivity index (χ3n) is 5.28. The fourth-order valence-corrected chi connectivity index (χ4v) is 3.75. The molecule has 1 aromatic carbocycles. The third-order valence-corrected chi connectivity index (χ3v) is 5.28. The molecule has 3 aromatic rings. The minimum Gasteiger partial charge on any atom is -0.466 e. The number of ether oxygens (including phenoxy) is 1. The molecule has 156 valence electrons. The SMILES string of the molecule is CCOC(=O)CCNc1nc(C2CCc3ccccc3CC2)nc(-n2cccn2)n1. The first-order chi connectivity index (χ1) is 14.7. The van der Waals surface area contributed by atoms with Crippen LogP contribution < -0.4 is 5.32 Å². The minimum absolute atomic E-state index is 0.236. The second kappa shape index (κ2) is 9.47. The zero-order valence-corrected chi connectivity index (χ0v) is 17.1. The number of aryl methyl sites for hydroxylation is 2. The number of benzene rings is 1. The lowest BCUT2D eigenvalue weighted by atomic mass is 9.99. The Morgan fingerprint density at radius 2 is 1.90 bits per heavy atom. The van der Waals surface area contributed by atoms with E-state index in [1.807, 2.05) is 12.3 Å². The van der Waals surface area contributed by atoms with Gasteiger partial charge in [-0.25, -0.2) is 4.68 Å². The summed E-state index contributed by atoms with van der Waals surface area (Å²) < 4.78 is 6.61. The van der Waals surface area contributed by atoms with Gasteiger partial charge in [-0.05, 0) is 49.8 Å². The van der Waals surface area contributed by atoms with E-state index in [1.54, 1.807) is 17.8 Å². The first kappa shape index (κ1) is 20.0. The highest BCUT2D eigenvalue weighted by Gasteiger charge is 2.22. The Hall–Kier alpha value is -3.29. The van der Waals surface area contributed by atoms with Crippen LogP contribution in [-0.4, -0.2) is 43.9 Å². The van der Waals surface area contributed by atoms with Gasteiger partial charge in [0.15, 0.2) is 0 Å². The molecule has 0 saturated heterocycles. The van der Waals surface area contributed by atoms with Crippen molar-refractivity contribution in [3.63, 3.8) is 0 Å². The number of carbonyl (C=O) groups is 1. The molecule has 0 radical (unpaired) electrons. The second-order valence-corrected chi connectivity index (χ2v) is 7.29. The molecule has 4 rings (SSSR count). The molecule has 1 aliphatic carbocycles. The summed E-state index contributed by atoms with van der Waals surface area (Å²) in [5, 5.41) is 7.40. The summed E-state index contributed by atoms with van der Waals surface area (Å²) in [4.78, 5) is 25.5. The van der Waals surface area contributed by atoms with Gasteiger partial charge in [0.25, 0.3) is 5.95 Å². The molecule has 0 amide bonds. The quantitative estimate of drug-likeness (QED) is 0.476. The maximum atomic E-state index is 11.6. The van der Waals surface area contributed by atoms with E-state index in [4.69, 9.17) is 9.72 Å². The van der Waals surface area contributed by atoms with Gasteiger partial charge >= 0.3 is 5.97 Å². The number of hydrogen-bond acceptors (Lipinski definition) is 7. The Balaban J connectivity index is 1.54. The van der Waals surface area contributed by atoms with E-state index >= 15 is 0 Å². The summed E-state index contributed by atoms with van der Waals surface area (Å²) in [5.41, 5.74) is 2.82. The molecule has 0 fully saturated rings. The molecular weight excluding hydrogens is 380 g/mol. The van der Waals surface area contributed by atoms with Crippen molar-refractivity contribution in [2.24, 2.45) is 0 Å². The van der Waals surface area contributed by atoms with Crippen LogP contribution in [0.15, 0.2) is 42.7 Å². The number of esters is 1. The summed E-state index contributed by atoms with van der Waals surface area (Å²) in [6, 6.07) is 10.5. The van der Waals surface area contributed by atoms with Crippen LogP contribution in [0.5, 0.6) is 0 Å². The van der Waals surface area contributed by atoms with Crippen molar-refractivity contribution >= 4 is 11.9 Å². The first-order valence-corrected chi connectivity index (χ1v) is 10.4. The van der Waals surface area contributed by atoms with Crippen LogP contribution in [0.4, 0.5) is 5.95 Å². The maximum absolute atomic E-state index is 11.6. The Morgan fingerprint density at radius 1 is 1.13 bits per heavy atom. The van der Waals surface area contributed by atoms with Crippen LogP contribution in [-0.2, 0) is 22.4 Å². The Morgan fingerprint density at radius 3 is 2.57 bits per heavy atom. The monoisotopic (exact) mass is 406 g/mol. The van der Waals surface area contributed by atoms with Crippen molar-refractivity contribution in [3.05, 3.63) is 59.7 Å². The van der Waals surface area contributed by atoms with Crippen LogP contribution in [0, 0.1) is 0 Å². The fraction of sp³-hybridized carbons (Fsp3) is 0.409. The molecule has 0 spiro atoms. The molecule has 0 unspecified atom stereocenters. The molecule has 1 N–H and O–H groups in total. The average Bonchev–Trinajstić information content (AvgIpc) is 3.21. The molecule has 0 atom stereocenters. The lowest BCUT2D eigenvalue weighted by Gasteiger charge is -2.15. The largest absolute Gasteiger partial charge is 0.466 e. The summed E-state index contributed by atoms with van der Waals surface area (Å²) >= 11 is 0. The topological polar surface area (TPSA) is 94.8 Å². The first-order valence-electron chi connectivity index (χ1n) is 10.4. The normalized spacial score (nSPS) is 14.0. The smallest absolute Gasteiger partial charge is 0.307 e. The highest BCUT2D eigenvalue weighted by Crippen LogP contribution is 2.30. The molecule has 0 aliphatic heterocycles. The summed E-state index contributed by atoms with van der Waals surface area (Å²) in [5.74, 6) is 1.69. The number of nitrogens with one attached hydrogen (secondary N) is 1. The number of nitrogens with zero attached hydrogens (tertiary/aromatic N) is 5. The number of rotatable bonds is 7. The highest BCUT2D eigenvalue weighted by atomic mass is 16.5. The highest BCUT2D eigenvalue weighted by molar-refractivity contribution is 5.69. The maximum Gasteiger partial charge on any atom is 0.307 e. The van der Waals surface area contributed by atoms with Gasteiger partial charge in [-0.15, -0.1) is 0 Å². The van der Waals surface area contributed by atoms with Gasteiger partial charge in [0, 0.05) is 24.9 Å². The van der Waals surface area contributed by atoms with E-state index in [1.165, 1.54) is 11.1 Å². The molecule has 0 saturated carbocycles. The predicted molar refractivity (Wildman–Crippen MR) is 113 cm³/mol. The van der Waals surface area contributed by atoms with E-state index < -0.39 is 0 Å². The molecule has 30 heavy (non-hydrogen) atoms. The van der Waals surface area contributed by atoms with Gasteiger partial charge in [0.2, 0.25) is 5.95 Å². The van der Waals surface area contributed by atoms with Crippen LogP contribution in [0.3, 0.4) is 0 Å². The zero-order chi connectivity index (χ0) is 20.8. The van der Waals surface area contributed by atoms with Gasteiger partial charge in [0.05, 0.1) is 13.0 Å². The van der Waals surface area contributed by atoms with E-state index in [0.717, 1.165) is 31.5 Å². The molecule has 8 nitrogen and oxygen atoms in total. The van der Waals surface area contributed by atoms with Crippen LogP contribution in [0.25, 0.3) is 5.95 Å². The fourth-order valence-electron chi connectivity index (χ4n) is 3.75. The summed E-state index contributed by atoms with van der Waals surface area (Å²) in [6.45, 7) is 2.57. The number of hydrogen-bond donors (Lipinski definition) is 1. The van der Waals surface area contributed by atoms with Gasteiger partial charge < -0.3 is 10.1 Å². The standard InChI is InChI=1S/C22H26N6O2/c1-2-30-19(29)12-14-23-21-25-20(26-22(27-21)28-15-5-13-24-28)18-10-8-16-6-3-4-7-17(16)9-11-18/h3-7,13,15,18H,2,8-12,14H2,1H3,(H,23,25,26,27). The van der Waals surface area contributed by atoms with Gasteiger partial charge in [-0.2, -0.15) is 20.1 Å². The number of fused-ring (bicyclic) bond motifs is 1. The zero-order valence-electron chi connectivity index (χ0n) is 17.1. The Bertz CT molecular complexity index is 962. The van der Waals surface area contributed by atoms with Crippen molar-refractivity contribution in [1.82, 2.24) is 24.7 Å². The van der Waals surface area contributed by atoms with Crippen LogP contribution >= 0.6 is 0 Å². The molecule has 0 bridgehead atoms. The van der Waals surface area contributed by atoms with E-state index in [9.17, 15) is 4.79 Å². The van der Waals surface area contributed by atoms with Crippen LogP contribution in [0.1, 0.15) is 49.1 Å². The average molecular weight is 406 g/mol. The summed E-state index contributed by atoms with van der Waals surface area (Å²) in [6.07, 6.45) is 7.75.